The van der Waals surface area contributed by atoms with Crippen molar-refractivity contribution in [2.75, 3.05) is 5.32 Å². The first-order valence-corrected chi connectivity index (χ1v) is 10.3. The summed E-state index contributed by atoms with van der Waals surface area (Å²) < 4.78 is 86.7. The van der Waals surface area contributed by atoms with E-state index in [2.05, 4.69) is 15.4 Å². The van der Waals surface area contributed by atoms with Gasteiger partial charge < -0.3 is 15.8 Å². The molecule has 1 aliphatic carbocycles. The van der Waals surface area contributed by atoms with Crippen LogP contribution in [-0.4, -0.2) is 45.0 Å². The van der Waals surface area contributed by atoms with Gasteiger partial charge in [0, 0.05) is 17.8 Å². The molecular formula is C20H19F6N5O3. The maximum atomic E-state index is 14.0. The Balaban J connectivity index is 1.69. The summed E-state index contributed by atoms with van der Waals surface area (Å²) >= 11 is 0. The van der Waals surface area contributed by atoms with Gasteiger partial charge in [-0.1, -0.05) is 0 Å². The maximum absolute atomic E-state index is 14.0. The fourth-order valence-corrected chi connectivity index (χ4v) is 3.87. The normalized spacial score (nSPS) is 21.0. The standard InChI is InChI=1S/C20H19F6N5O3/c21-19(22,23)13-4-3-11(34-13)8-31-16(14(20(24,25)26)15(30-31)9-1-2-9)18(33)29-10-5-6-28-12(7-10)17(27)32/h5-7,9,11,13H,1-4,8H2,(H2,27,32)(H,28,29,33)/t11?,13-/m0/s1. The molecule has 1 saturated heterocycles. The fraction of sp³-hybridized carbons (Fsp3) is 0.500. The largest absolute Gasteiger partial charge is 0.420 e. The summed E-state index contributed by atoms with van der Waals surface area (Å²) in [5.74, 6) is -2.61. The van der Waals surface area contributed by atoms with E-state index in [4.69, 9.17) is 10.5 Å². The van der Waals surface area contributed by atoms with Crippen LogP contribution in [0.3, 0.4) is 0 Å². The summed E-state index contributed by atoms with van der Waals surface area (Å²) in [6, 6.07) is 2.33. The number of anilines is 1. The first-order valence-electron chi connectivity index (χ1n) is 10.3. The third kappa shape index (κ3) is 5.00. The van der Waals surface area contributed by atoms with Gasteiger partial charge in [-0.15, -0.1) is 0 Å². The summed E-state index contributed by atoms with van der Waals surface area (Å²) in [6.07, 6.45) is -11.0. The zero-order valence-electron chi connectivity index (χ0n) is 17.4. The van der Waals surface area contributed by atoms with E-state index in [0.717, 1.165) is 16.9 Å². The zero-order chi connectivity index (χ0) is 24.8. The van der Waals surface area contributed by atoms with Crippen molar-refractivity contribution in [2.45, 2.75) is 62.7 Å². The Morgan fingerprint density at radius 3 is 2.41 bits per heavy atom. The van der Waals surface area contributed by atoms with Crippen molar-refractivity contribution in [2.24, 2.45) is 5.73 Å². The van der Waals surface area contributed by atoms with Crippen LogP contribution in [-0.2, 0) is 17.5 Å². The van der Waals surface area contributed by atoms with Gasteiger partial charge in [0.1, 0.15) is 17.0 Å². The number of carbonyl (C=O) groups excluding carboxylic acids is 2. The lowest BCUT2D eigenvalue weighted by molar-refractivity contribution is -0.215. The number of nitrogens with zero attached hydrogens (tertiary/aromatic N) is 3. The van der Waals surface area contributed by atoms with Crippen LogP contribution in [0.5, 0.6) is 0 Å². The minimum absolute atomic E-state index is 0.0445. The van der Waals surface area contributed by atoms with Gasteiger partial charge in [0.25, 0.3) is 11.8 Å². The molecule has 0 aromatic carbocycles. The molecular weight excluding hydrogens is 472 g/mol. The number of primary amides is 1. The summed E-state index contributed by atoms with van der Waals surface area (Å²) in [4.78, 5) is 28.0. The summed E-state index contributed by atoms with van der Waals surface area (Å²) in [5.41, 5.74) is 2.47. The molecule has 184 valence electrons. The molecule has 14 heteroatoms. The van der Waals surface area contributed by atoms with E-state index in [0.29, 0.717) is 12.8 Å². The van der Waals surface area contributed by atoms with E-state index in [9.17, 15) is 35.9 Å². The lowest BCUT2D eigenvalue weighted by atomic mass is 10.1. The smallest absolute Gasteiger partial charge is 0.364 e. The zero-order valence-corrected chi connectivity index (χ0v) is 17.4. The van der Waals surface area contributed by atoms with Crippen LogP contribution in [0.2, 0.25) is 0 Å². The second kappa shape index (κ2) is 8.56. The van der Waals surface area contributed by atoms with Gasteiger partial charge in [0.2, 0.25) is 0 Å². The number of rotatable bonds is 6. The van der Waals surface area contributed by atoms with E-state index in [1.807, 2.05) is 0 Å². The van der Waals surface area contributed by atoms with Crippen molar-refractivity contribution in [3.63, 3.8) is 0 Å². The average Bonchev–Trinajstić information content (AvgIpc) is 3.32. The summed E-state index contributed by atoms with van der Waals surface area (Å²) in [6.45, 7) is -0.464. The molecule has 4 rings (SSSR count). The number of nitrogens with two attached hydrogens (primary N) is 1. The molecule has 8 nitrogen and oxygen atoms in total. The number of hydrogen-bond acceptors (Lipinski definition) is 5. The second-order valence-corrected chi connectivity index (χ2v) is 8.18. The number of aromatic nitrogens is 3. The SMILES string of the molecule is NC(=O)c1cc(NC(=O)c2c(C(F)(F)F)c(C3CC3)nn2CC2CC[C@@H](C(F)(F)F)O2)ccn1. The predicted molar refractivity (Wildman–Crippen MR) is 104 cm³/mol. The maximum Gasteiger partial charge on any atom is 0.420 e. The van der Waals surface area contributed by atoms with E-state index >= 15 is 0 Å². The Bertz CT molecular complexity index is 1110. The van der Waals surface area contributed by atoms with Crippen LogP contribution in [0.15, 0.2) is 18.3 Å². The highest BCUT2D eigenvalue weighted by Gasteiger charge is 2.48. The Labute approximate surface area is 188 Å². The van der Waals surface area contributed by atoms with Crippen LogP contribution in [0.25, 0.3) is 0 Å². The molecule has 1 aliphatic heterocycles. The van der Waals surface area contributed by atoms with Crippen LogP contribution in [0.1, 0.15) is 63.8 Å². The van der Waals surface area contributed by atoms with Crippen LogP contribution in [0.4, 0.5) is 32.0 Å². The number of ether oxygens (including phenoxy) is 1. The number of pyridine rings is 1. The van der Waals surface area contributed by atoms with E-state index in [1.165, 1.54) is 6.07 Å². The predicted octanol–water partition coefficient (Wildman–Crippen LogP) is 3.64. The minimum atomic E-state index is -4.94. The van der Waals surface area contributed by atoms with Gasteiger partial charge in [-0.05, 0) is 37.8 Å². The molecule has 0 bridgehead atoms. The number of halogens is 6. The van der Waals surface area contributed by atoms with Gasteiger partial charge in [-0.25, -0.2) is 0 Å². The van der Waals surface area contributed by atoms with Crippen molar-refractivity contribution in [1.82, 2.24) is 14.8 Å². The van der Waals surface area contributed by atoms with Crippen molar-refractivity contribution in [3.05, 3.63) is 41.0 Å². The number of hydrogen-bond donors (Lipinski definition) is 2. The molecule has 1 unspecified atom stereocenters. The van der Waals surface area contributed by atoms with Crippen molar-refractivity contribution in [1.29, 1.82) is 0 Å². The van der Waals surface area contributed by atoms with E-state index in [-0.39, 0.29) is 29.9 Å². The highest BCUT2D eigenvalue weighted by Crippen LogP contribution is 2.47. The third-order valence-electron chi connectivity index (χ3n) is 5.56. The molecule has 3 N–H and O–H groups in total. The molecule has 1 saturated carbocycles. The minimum Gasteiger partial charge on any atom is -0.364 e. The van der Waals surface area contributed by atoms with Gasteiger partial charge in [-0.2, -0.15) is 31.4 Å². The Hall–Kier alpha value is -3.16. The number of alkyl halides is 6. The molecule has 2 aromatic rings. The van der Waals surface area contributed by atoms with Gasteiger partial charge in [0.15, 0.2) is 6.10 Å². The average molecular weight is 491 g/mol. The molecule has 2 aliphatic rings. The first kappa shape index (κ1) is 24.0. The van der Waals surface area contributed by atoms with Gasteiger partial charge in [-0.3, -0.25) is 19.3 Å². The Kier molecular flexibility index (Phi) is 6.04. The van der Waals surface area contributed by atoms with Crippen molar-refractivity contribution >= 4 is 17.5 Å². The number of carbonyl (C=O) groups is 2. The number of amides is 2. The lowest BCUT2D eigenvalue weighted by Crippen LogP contribution is -2.30. The molecule has 2 fully saturated rings. The number of nitrogens with one attached hydrogen (secondary N) is 1. The van der Waals surface area contributed by atoms with Gasteiger partial charge in [0.05, 0.1) is 18.3 Å². The van der Waals surface area contributed by atoms with Crippen LogP contribution < -0.4 is 11.1 Å². The topological polar surface area (TPSA) is 112 Å². The molecule has 0 radical (unpaired) electrons. The molecule has 2 atom stereocenters. The molecule has 0 spiro atoms. The van der Waals surface area contributed by atoms with Crippen LogP contribution >= 0.6 is 0 Å². The molecule has 3 heterocycles. The van der Waals surface area contributed by atoms with Gasteiger partial charge >= 0.3 is 12.4 Å². The fourth-order valence-electron chi connectivity index (χ4n) is 3.87. The van der Waals surface area contributed by atoms with Crippen LogP contribution in [0, 0.1) is 0 Å². The second-order valence-electron chi connectivity index (χ2n) is 8.18. The monoisotopic (exact) mass is 491 g/mol. The quantitative estimate of drug-likeness (QED) is 0.600. The molecule has 2 aromatic heterocycles. The summed E-state index contributed by atoms with van der Waals surface area (Å²) in [5, 5.41) is 6.25. The highest BCUT2D eigenvalue weighted by molar-refractivity contribution is 6.05. The Morgan fingerprint density at radius 2 is 1.85 bits per heavy atom. The summed E-state index contributed by atoms with van der Waals surface area (Å²) in [7, 11) is 0. The highest BCUT2D eigenvalue weighted by atomic mass is 19.4. The first-order chi connectivity index (χ1) is 15.8. The van der Waals surface area contributed by atoms with E-state index in [1.54, 1.807) is 0 Å². The van der Waals surface area contributed by atoms with Crippen molar-refractivity contribution < 1.29 is 40.7 Å². The Morgan fingerprint density at radius 1 is 1.15 bits per heavy atom. The molecule has 34 heavy (non-hydrogen) atoms. The van der Waals surface area contributed by atoms with Crippen molar-refractivity contribution in [3.8, 4) is 0 Å². The van der Waals surface area contributed by atoms with E-state index < -0.39 is 60.1 Å². The lowest BCUT2D eigenvalue weighted by Gasteiger charge is -2.17. The third-order valence-corrected chi connectivity index (χ3v) is 5.56. The molecule has 2 amide bonds.